The van der Waals surface area contributed by atoms with Crippen LogP contribution in [-0.4, -0.2) is 17.9 Å². The third-order valence-electron chi connectivity index (χ3n) is 2.67. The van der Waals surface area contributed by atoms with Gasteiger partial charge in [0, 0.05) is 12.5 Å². The second-order valence-electron chi connectivity index (χ2n) is 4.89. The lowest BCUT2D eigenvalue weighted by molar-refractivity contribution is -0.146. The van der Waals surface area contributed by atoms with Crippen LogP contribution in [-0.2, 0) is 14.3 Å². The highest BCUT2D eigenvalue weighted by Crippen LogP contribution is 2.36. The van der Waals surface area contributed by atoms with Gasteiger partial charge in [0.05, 0.1) is 0 Å². The maximum absolute atomic E-state index is 11.3. The molecule has 0 aromatic heterocycles. The Labute approximate surface area is 90.5 Å². The number of hydrogen-bond donors (Lipinski definition) is 0. The molecule has 0 heterocycles. The molecule has 84 valence electrons. The van der Waals surface area contributed by atoms with Gasteiger partial charge in [-0.05, 0) is 25.2 Å². The van der Waals surface area contributed by atoms with Crippen molar-refractivity contribution < 1.29 is 14.3 Å². The molecule has 0 fully saturated rings. The first-order valence-electron chi connectivity index (χ1n) is 5.20. The van der Waals surface area contributed by atoms with E-state index in [9.17, 15) is 9.59 Å². The second-order valence-corrected chi connectivity index (χ2v) is 4.89. The number of allylic oxidation sites excluding steroid dienone is 1. The van der Waals surface area contributed by atoms with Crippen LogP contribution in [0.2, 0.25) is 0 Å². The molecule has 3 nitrogen and oxygen atoms in total. The fourth-order valence-corrected chi connectivity index (χ4v) is 1.89. The summed E-state index contributed by atoms with van der Waals surface area (Å²) in [6.07, 6.45) is 3.13. The lowest BCUT2D eigenvalue weighted by atomic mass is 9.76. The number of hydrogen-bond acceptors (Lipinski definition) is 3. The number of ether oxygens (including phenoxy) is 1. The molecular weight excluding hydrogens is 192 g/mol. The first kappa shape index (κ1) is 12.0. The third-order valence-corrected chi connectivity index (χ3v) is 2.67. The number of carbonyl (C=O) groups excluding carboxylic acids is 2. The predicted molar refractivity (Wildman–Crippen MR) is 57.3 cm³/mol. The number of carbonyl (C=O) groups is 2. The molecule has 15 heavy (non-hydrogen) atoms. The van der Waals surface area contributed by atoms with E-state index in [0.29, 0.717) is 5.57 Å². The molecule has 1 aliphatic carbocycles. The predicted octanol–water partition coefficient (Wildman–Crippen LogP) is 2.25. The van der Waals surface area contributed by atoms with E-state index >= 15 is 0 Å². The largest absolute Gasteiger partial charge is 0.458 e. The summed E-state index contributed by atoms with van der Waals surface area (Å²) in [6, 6.07) is 0. The number of Topliss-reactive ketones (excluding diaryl/α,β-unsaturated/α-hetero) is 1. The van der Waals surface area contributed by atoms with Crippen LogP contribution in [0.1, 0.15) is 40.5 Å². The van der Waals surface area contributed by atoms with Gasteiger partial charge in [0.25, 0.3) is 0 Å². The summed E-state index contributed by atoms with van der Waals surface area (Å²) in [5, 5.41) is 0. The van der Waals surface area contributed by atoms with E-state index in [1.54, 1.807) is 0 Å². The topological polar surface area (TPSA) is 43.4 Å². The molecule has 0 N–H and O–H groups in total. The van der Waals surface area contributed by atoms with Crippen molar-refractivity contribution in [1.82, 2.24) is 0 Å². The van der Waals surface area contributed by atoms with E-state index in [0.717, 1.165) is 12.8 Å². The van der Waals surface area contributed by atoms with E-state index in [1.165, 1.54) is 13.8 Å². The smallest absolute Gasteiger partial charge is 0.303 e. The van der Waals surface area contributed by atoms with Crippen LogP contribution in [0, 0.1) is 5.41 Å². The first-order chi connectivity index (χ1) is 6.82. The molecule has 0 saturated heterocycles. The molecule has 1 rings (SSSR count). The van der Waals surface area contributed by atoms with Gasteiger partial charge in [-0.2, -0.15) is 0 Å². The molecule has 0 aromatic rings. The zero-order valence-electron chi connectivity index (χ0n) is 9.79. The zero-order chi connectivity index (χ0) is 11.6. The monoisotopic (exact) mass is 210 g/mol. The van der Waals surface area contributed by atoms with Crippen molar-refractivity contribution in [3.05, 3.63) is 11.6 Å². The van der Waals surface area contributed by atoms with Gasteiger partial charge in [0.15, 0.2) is 5.78 Å². The van der Waals surface area contributed by atoms with E-state index in [-0.39, 0.29) is 23.3 Å². The standard InChI is InChI=1S/C12H18O3/c1-8(13)10-5-6-12(3,4)7-11(10)15-9(2)14/h5,11H,6-7H2,1-4H3. The summed E-state index contributed by atoms with van der Waals surface area (Å²) < 4.78 is 5.17. The van der Waals surface area contributed by atoms with Crippen molar-refractivity contribution in [3.8, 4) is 0 Å². The van der Waals surface area contributed by atoms with Gasteiger partial charge in [0.1, 0.15) is 6.10 Å². The minimum absolute atomic E-state index is 0.00301. The minimum Gasteiger partial charge on any atom is -0.458 e. The Bertz CT molecular complexity index is 313. The summed E-state index contributed by atoms with van der Waals surface area (Å²) in [5.41, 5.74) is 0.739. The summed E-state index contributed by atoms with van der Waals surface area (Å²) >= 11 is 0. The normalized spacial score (nSPS) is 24.3. The van der Waals surface area contributed by atoms with Crippen LogP contribution in [0.5, 0.6) is 0 Å². The Kier molecular flexibility index (Phi) is 3.32. The maximum atomic E-state index is 11.3. The van der Waals surface area contributed by atoms with Crippen LogP contribution in [0.4, 0.5) is 0 Å². The SMILES string of the molecule is CC(=O)OC1CC(C)(C)CC=C1C(C)=O. The Morgan fingerprint density at radius 1 is 1.40 bits per heavy atom. The highest BCUT2D eigenvalue weighted by Gasteiger charge is 2.33. The third kappa shape index (κ3) is 3.18. The first-order valence-corrected chi connectivity index (χ1v) is 5.20. The van der Waals surface area contributed by atoms with E-state index in [1.807, 2.05) is 6.08 Å². The molecule has 0 aliphatic heterocycles. The van der Waals surface area contributed by atoms with Crippen molar-refractivity contribution in [2.45, 2.75) is 46.6 Å². The van der Waals surface area contributed by atoms with Crippen molar-refractivity contribution in [2.75, 3.05) is 0 Å². The Morgan fingerprint density at radius 3 is 2.47 bits per heavy atom. The summed E-state index contributed by atoms with van der Waals surface area (Å²) in [5.74, 6) is -0.332. The van der Waals surface area contributed by atoms with Gasteiger partial charge in [-0.25, -0.2) is 0 Å². The molecule has 0 aromatic carbocycles. The lowest BCUT2D eigenvalue weighted by Gasteiger charge is -2.33. The average molecular weight is 210 g/mol. The van der Waals surface area contributed by atoms with Gasteiger partial charge in [-0.15, -0.1) is 0 Å². The van der Waals surface area contributed by atoms with Crippen LogP contribution in [0.15, 0.2) is 11.6 Å². The number of rotatable bonds is 2. The van der Waals surface area contributed by atoms with Crippen molar-refractivity contribution >= 4 is 11.8 Å². The average Bonchev–Trinajstić information content (AvgIpc) is 1.99. The Hall–Kier alpha value is -1.12. The van der Waals surface area contributed by atoms with Gasteiger partial charge < -0.3 is 4.74 Å². The quantitative estimate of drug-likeness (QED) is 0.656. The van der Waals surface area contributed by atoms with E-state index < -0.39 is 0 Å². The molecule has 3 heteroatoms. The van der Waals surface area contributed by atoms with Gasteiger partial charge >= 0.3 is 5.97 Å². The van der Waals surface area contributed by atoms with E-state index in [2.05, 4.69) is 13.8 Å². The Balaban J connectivity index is 2.88. The van der Waals surface area contributed by atoms with Gasteiger partial charge in [-0.1, -0.05) is 19.9 Å². The molecule has 0 radical (unpaired) electrons. The summed E-state index contributed by atoms with van der Waals surface area (Å²) in [4.78, 5) is 22.3. The molecule has 1 unspecified atom stereocenters. The van der Waals surface area contributed by atoms with Crippen LogP contribution in [0.25, 0.3) is 0 Å². The van der Waals surface area contributed by atoms with Crippen LogP contribution in [0.3, 0.4) is 0 Å². The summed E-state index contributed by atoms with van der Waals surface area (Å²) in [7, 11) is 0. The van der Waals surface area contributed by atoms with Gasteiger partial charge in [0.2, 0.25) is 0 Å². The minimum atomic E-state index is -0.358. The highest BCUT2D eigenvalue weighted by molar-refractivity contribution is 5.94. The van der Waals surface area contributed by atoms with E-state index in [4.69, 9.17) is 4.74 Å². The zero-order valence-corrected chi connectivity index (χ0v) is 9.79. The fourth-order valence-electron chi connectivity index (χ4n) is 1.89. The molecule has 0 amide bonds. The van der Waals surface area contributed by atoms with Crippen molar-refractivity contribution in [3.63, 3.8) is 0 Å². The van der Waals surface area contributed by atoms with Gasteiger partial charge in [-0.3, -0.25) is 9.59 Å². The maximum Gasteiger partial charge on any atom is 0.303 e. The fraction of sp³-hybridized carbons (Fsp3) is 0.667. The van der Waals surface area contributed by atoms with Crippen LogP contribution >= 0.6 is 0 Å². The highest BCUT2D eigenvalue weighted by atomic mass is 16.5. The molecule has 1 atom stereocenters. The molecule has 0 bridgehead atoms. The molecule has 0 saturated carbocycles. The van der Waals surface area contributed by atoms with Crippen LogP contribution < -0.4 is 0 Å². The summed E-state index contributed by atoms with van der Waals surface area (Å²) in [6.45, 7) is 7.10. The number of esters is 1. The second kappa shape index (κ2) is 4.17. The molecular formula is C12H18O3. The molecule has 1 aliphatic rings. The number of ketones is 1. The lowest BCUT2D eigenvalue weighted by Crippen LogP contribution is -2.32. The molecule has 0 spiro atoms. The Morgan fingerprint density at radius 2 is 2.00 bits per heavy atom. The van der Waals surface area contributed by atoms with Crippen molar-refractivity contribution in [2.24, 2.45) is 5.41 Å². The van der Waals surface area contributed by atoms with Crippen molar-refractivity contribution in [1.29, 1.82) is 0 Å².